The zero-order valence-corrected chi connectivity index (χ0v) is 14.4. The summed E-state index contributed by atoms with van der Waals surface area (Å²) in [4.78, 5) is 20.4. The molecular weight excluding hydrogens is 292 g/mol. The standard InChI is InChI=1S/C18H22N2OS/c1-11-10-16(15-8-6-5-7-9-15)12(2)20(11)18(21)17-13(3)22-14(4)19-17/h5-9,11-12,16H,10H2,1-4H3/t11-,12-,16-/m1/s1. The first-order valence-corrected chi connectivity index (χ1v) is 8.62. The highest BCUT2D eigenvalue weighted by Gasteiger charge is 2.40. The van der Waals surface area contributed by atoms with Crippen LogP contribution in [0.5, 0.6) is 0 Å². The maximum absolute atomic E-state index is 12.9. The molecule has 0 N–H and O–H groups in total. The van der Waals surface area contributed by atoms with Gasteiger partial charge in [0.15, 0.2) is 0 Å². The summed E-state index contributed by atoms with van der Waals surface area (Å²) in [5, 5.41) is 0.958. The lowest BCUT2D eigenvalue weighted by molar-refractivity contribution is 0.0682. The zero-order chi connectivity index (χ0) is 15.9. The van der Waals surface area contributed by atoms with Crippen molar-refractivity contribution in [1.82, 2.24) is 9.88 Å². The van der Waals surface area contributed by atoms with Crippen LogP contribution in [0.1, 0.15) is 52.1 Å². The molecule has 0 bridgehead atoms. The van der Waals surface area contributed by atoms with Crippen molar-refractivity contribution in [2.24, 2.45) is 0 Å². The van der Waals surface area contributed by atoms with Crippen molar-refractivity contribution in [3.63, 3.8) is 0 Å². The number of benzene rings is 1. The van der Waals surface area contributed by atoms with E-state index in [0.717, 1.165) is 16.3 Å². The van der Waals surface area contributed by atoms with E-state index in [4.69, 9.17) is 0 Å². The van der Waals surface area contributed by atoms with E-state index in [1.807, 2.05) is 24.8 Å². The van der Waals surface area contributed by atoms with Crippen LogP contribution in [0.15, 0.2) is 30.3 Å². The second kappa shape index (κ2) is 5.84. The highest BCUT2D eigenvalue weighted by atomic mass is 32.1. The molecule has 1 amide bonds. The summed E-state index contributed by atoms with van der Waals surface area (Å²) in [6.07, 6.45) is 1.01. The molecule has 4 heteroatoms. The maximum atomic E-state index is 12.9. The number of carbonyl (C=O) groups is 1. The molecule has 1 fully saturated rings. The fourth-order valence-corrected chi connectivity index (χ4v) is 4.43. The number of thiazole rings is 1. The van der Waals surface area contributed by atoms with Crippen molar-refractivity contribution in [3.8, 4) is 0 Å². The predicted molar refractivity (Wildman–Crippen MR) is 90.5 cm³/mol. The number of carbonyl (C=O) groups excluding carboxylic acids is 1. The molecule has 2 aromatic rings. The van der Waals surface area contributed by atoms with Gasteiger partial charge in [-0.25, -0.2) is 4.98 Å². The van der Waals surface area contributed by atoms with Crippen LogP contribution in [0.3, 0.4) is 0 Å². The lowest BCUT2D eigenvalue weighted by atomic mass is 9.92. The number of hydrogen-bond acceptors (Lipinski definition) is 3. The number of aryl methyl sites for hydroxylation is 2. The quantitative estimate of drug-likeness (QED) is 0.833. The molecule has 3 rings (SSSR count). The Morgan fingerprint density at radius 1 is 1.23 bits per heavy atom. The van der Waals surface area contributed by atoms with Crippen LogP contribution in [0.25, 0.3) is 0 Å². The third kappa shape index (κ3) is 2.56. The predicted octanol–water partition coefficient (Wildman–Crippen LogP) is 4.17. The molecule has 0 spiro atoms. The topological polar surface area (TPSA) is 33.2 Å². The van der Waals surface area contributed by atoms with E-state index in [0.29, 0.717) is 11.6 Å². The van der Waals surface area contributed by atoms with E-state index in [1.54, 1.807) is 11.3 Å². The van der Waals surface area contributed by atoms with Gasteiger partial charge in [0.2, 0.25) is 0 Å². The molecule has 0 saturated carbocycles. The molecule has 3 atom stereocenters. The Morgan fingerprint density at radius 3 is 2.50 bits per heavy atom. The van der Waals surface area contributed by atoms with Gasteiger partial charge in [-0.05, 0) is 39.7 Å². The largest absolute Gasteiger partial charge is 0.331 e. The molecule has 0 radical (unpaired) electrons. The van der Waals surface area contributed by atoms with Gasteiger partial charge in [0, 0.05) is 22.9 Å². The van der Waals surface area contributed by atoms with Gasteiger partial charge in [-0.1, -0.05) is 30.3 Å². The van der Waals surface area contributed by atoms with Crippen LogP contribution in [0.2, 0.25) is 0 Å². The fourth-order valence-electron chi connectivity index (χ4n) is 3.62. The van der Waals surface area contributed by atoms with Gasteiger partial charge < -0.3 is 4.90 Å². The third-order valence-electron chi connectivity index (χ3n) is 4.66. The number of aromatic nitrogens is 1. The summed E-state index contributed by atoms with van der Waals surface area (Å²) in [6.45, 7) is 8.25. The minimum Gasteiger partial charge on any atom is -0.331 e. The summed E-state index contributed by atoms with van der Waals surface area (Å²) in [5.41, 5.74) is 1.96. The Bertz CT molecular complexity index is 680. The van der Waals surface area contributed by atoms with E-state index in [-0.39, 0.29) is 18.0 Å². The fraction of sp³-hybridized carbons (Fsp3) is 0.444. The van der Waals surface area contributed by atoms with Crippen LogP contribution < -0.4 is 0 Å². The molecule has 1 aromatic heterocycles. The average molecular weight is 314 g/mol. The molecule has 1 aromatic carbocycles. The molecule has 3 nitrogen and oxygen atoms in total. The van der Waals surface area contributed by atoms with Crippen molar-refractivity contribution in [1.29, 1.82) is 0 Å². The van der Waals surface area contributed by atoms with Gasteiger partial charge in [-0.3, -0.25) is 4.79 Å². The van der Waals surface area contributed by atoms with Crippen molar-refractivity contribution >= 4 is 17.2 Å². The van der Waals surface area contributed by atoms with Crippen LogP contribution in [-0.2, 0) is 0 Å². The van der Waals surface area contributed by atoms with Crippen molar-refractivity contribution in [2.75, 3.05) is 0 Å². The van der Waals surface area contributed by atoms with Crippen LogP contribution >= 0.6 is 11.3 Å². The van der Waals surface area contributed by atoms with Gasteiger partial charge in [0.1, 0.15) is 5.69 Å². The Morgan fingerprint density at radius 2 is 1.91 bits per heavy atom. The van der Waals surface area contributed by atoms with Gasteiger partial charge in [-0.2, -0.15) is 0 Å². The molecule has 2 heterocycles. The van der Waals surface area contributed by atoms with E-state index in [1.165, 1.54) is 5.56 Å². The smallest absolute Gasteiger partial charge is 0.274 e. The summed E-state index contributed by atoms with van der Waals surface area (Å²) >= 11 is 1.60. The normalized spacial score (nSPS) is 24.7. The number of amides is 1. The van der Waals surface area contributed by atoms with Gasteiger partial charge >= 0.3 is 0 Å². The van der Waals surface area contributed by atoms with E-state index in [9.17, 15) is 4.79 Å². The van der Waals surface area contributed by atoms with Crippen molar-refractivity contribution in [2.45, 2.75) is 52.1 Å². The van der Waals surface area contributed by atoms with E-state index < -0.39 is 0 Å². The van der Waals surface area contributed by atoms with Crippen molar-refractivity contribution in [3.05, 3.63) is 51.5 Å². The minimum absolute atomic E-state index is 0.0836. The van der Waals surface area contributed by atoms with Gasteiger partial charge in [-0.15, -0.1) is 11.3 Å². The maximum Gasteiger partial charge on any atom is 0.274 e. The summed E-state index contributed by atoms with van der Waals surface area (Å²) in [6, 6.07) is 11.0. The molecule has 116 valence electrons. The second-order valence-corrected chi connectivity index (χ2v) is 7.60. The number of nitrogens with zero attached hydrogens (tertiary/aromatic N) is 2. The van der Waals surface area contributed by atoms with Gasteiger partial charge in [0.25, 0.3) is 5.91 Å². The summed E-state index contributed by atoms with van der Waals surface area (Å²) in [5.74, 6) is 0.487. The molecule has 1 saturated heterocycles. The SMILES string of the molecule is Cc1nc(C(=O)N2[C@H](C)C[C@@H](c3ccccc3)[C@H]2C)c(C)s1. The Hall–Kier alpha value is -1.68. The minimum atomic E-state index is 0.0836. The second-order valence-electron chi connectivity index (χ2n) is 6.19. The number of rotatable bonds is 2. The monoisotopic (exact) mass is 314 g/mol. The average Bonchev–Trinajstić information content (AvgIpc) is 2.98. The van der Waals surface area contributed by atoms with E-state index >= 15 is 0 Å². The van der Waals surface area contributed by atoms with Crippen LogP contribution in [-0.4, -0.2) is 27.9 Å². The molecule has 22 heavy (non-hydrogen) atoms. The summed E-state index contributed by atoms with van der Waals surface area (Å²) < 4.78 is 0. The van der Waals surface area contributed by atoms with E-state index in [2.05, 4.69) is 43.1 Å². The molecular formula is C18H22N2OS. The lowest BCUT2D eigenvalue weighted by Crippen LogP contribution is -2.40. The highest BCUT2D eigenvalue weighted by Crippen LogP contribution is 2.38. The first-order valence-electron chi connectivity index (χ1n) is 7.80. The lowest BCUT2D eigenvalue weighted by Gasteiger charge is -2.27. The summed E-state index contributed by atoms with van der Waals surface area (Å²) in [7, 11) is 0. The van der Waals surface area contributed by atoms with Crippen LogP contribution in [0.4, 0.5) is 0 Å². The molecule has 0 aliphatic carbocycles. The van der Waals surface area contributed by atoms with Gasteiger partial charge in [0.05, 0.1) is 5.01 Å². The highest BCUT2D eigenvalue weighted by molar-refractivity contribution is 7.11. The molecule has 1 aliphatic rings. The molecule has 0 unspecified atom stereocenters. The van der Waals surface area contributed by atoms with Crippen LogP contribution in [0, 0.1) is 13.8 Å². The molecule has 1 aliphatic heterocycles. The third-order valence-corrected chi connectivity index (χ3v) is 5.55. The number of likely N-dealkylation sites (tertiary alicyclic amines) is 1. The Kier molecular flexibility index (Phi) is 4.04. The first kappa shape index (κ1) is 15.2. The Balaban J connectivity index is 1.88. The first-order chi connectivity index (χ1) is 10.5. The Labute approximate surface area is 136 Å². The zero-order valence-electron chi connectivity index (χ0n) is 13.5. The number of hydrogen-bond donors (Lipinski definition) is 0. The van der Waals surface area contributed by atoms with Crippen molar-refractivity contribution < 1.29 is 4.79 Å².